The van der Waals surface area contributed by atoms with E-state index >= 15 is 0 Å². The summed E-state index contributed by atoms with van der Waals surface area (Å²) in [5, 5.41) is 7.16. The second kappa shape index (κ2) is 5.25. The van der Waals surface area contributed by atoms with Gasteiger partial charge >= 0.3 is 0 Å². The van der Waals surface area contributed by atoms with Gasteiger partial charge in [0.05, 0.1) is 15.9 Å². The summed E-state index contributed by atoms with van der Waals surface area (Å²) in [4.78, 5) is 8.49. The first-order valence-corrected chi connectivity index (χ1v) is 5.96. The van der Waals surface area contributed by atoms with Gasteiger partial charge in [0.2, 0.25) is 0 Å². The zero-order valence-electron chi connectivity index (χ0n) is 8.70. The van der Waals surface area contributed by atoms with Crippen LogP contribution in [0.1, 0.15) is 5.82 Å². The first-order chi connectivity index (χ1) is 7.78. The van der Waals surface area contributed by atoms with E-state index in [1.54, 1.807) is 6.20 Å². The topological polar surface area (TPSA) is 49.8 Å². The number of rotatable bonds is 4. The summed E-state index contributed by atoms with van der Waals surface area (Å²) >= 11 is 7.32. The van der Waals surface area contributed by atoms with Crippen LogP contribution in [0.5, 0.6) is 0 Å². The van der Waals surface area contributed by atoms with Crippen LogP contribution in [0, 0.1) is 0 Å². The monoisotopic (exact) mass is 254 g/mol. The largest absolute Gasteiger partial charge is 0.332 e. The van der Waals surface area contributed by atoms with Crippen molar-refractivity contribution < 1.29 is 0 Å². The summed E-state index contributed by atoms with van der Waals surface area (Å²) in [6.07, 6.45) is 1.73. The predicted octanol–water partition coefficient (Wildman–Crippen LogP) is 2.65. The number of anilines is 2. The maximum atomic E-state index is 5.84. The van der Waals surface area contributed by atoms with Gasteiger partial charge in [0, 0.05) is 6.20 Å². The van der Waals surface area contributed by atoms with Crippen molar-refractivity contribution in [3.63, 3.8) is 0 Å². The van der Waals surface area contributed by atoms with E-state index in [-0.39, 0.29) is 0 Å². The summed E-state index contributed by atoms with van der Waals surface area (Å²) in [6.45, 7) is 0.653. The van der Waals surface area contributed by atoms with Crippen LogP contribution in [-0.4, -0.2) is 17.0 Å². The van der Waals surface area contributed by atoms with Crippen molar-refractivity contribution in [3.05, 3.63) is 34.6 Å². The Morgan fingerprint density at radius 2 is 2.25 bits per heavy atom. The predicted molar refractivity (Wildman–Crippen MR) is 67.4 cm³/mol. The first-order valence-electron chi connectivity index (χ1n) is 4.77. The lowest BCUT2D eigenvalue weighted by Crippen LogP contribution is -2.09. The number of aromatic nitrogens is 2. The van der Waals surface area contributed by atoms with Crippen molar-refractivity contribution in [3.8, 4) is 0 Å². The number of nitrogens with zero attached hydrogens (tertiary/aromatic N) is 2. The second-order valence-electron chi connectivity index (χ2n) is 3.12. The molecule has 2 heterocycles. The molecule has 0 amide bonds. The van der Waals surface area contributed by atoms with Crippen molar-refractivity contribution in [2.45, 2.75) is 6.54 Å². The number of hydrogen-bond donors (Lipinski definition) is 2. The summed E-state index contributed by atoms with van der Waals surface area (Å²) < 4.78 is 0.756. The molecule has 2 rings (SSSR count). The minimum absolute atomic E-state index is 0.653. The van der Waals surface area contributed by atoms with E-state index in [1.807, 2.05) is 25.2 Å². The number of nitrogens with one attached hydrogen (secondary N) is 2. The highest BCUT2D eigenvalue weighted by Crippen LogP contribution is 2.28. The second-order valence-corrected chi connectivity index (χ2v) is 4.83. The van der Waals surface area contributed by atoms with Crippen LogP contribution in [-0.2, 0) is 6.54 Å². The fourth-order valence-electron chi connectivity index (χ4n) is 1.22. The zero-order valence-corrected chi connectivity index (χ0v) is 10.3. The Hall–Kier alpha value is -1.17. The molecule has 0 fully saturated rings. The number of thiophene rings is 1. The summed E-state index contributed by atoms with van der Waals surface area (Å²) in [5.41, 5.74) is 0. The van der Waals surface area contributed by atoms with Crippen molar-refractivity contribution in [2.75, 3.05) is 12.4 Å². The van der Waals surface area contributed by atoms with E-state index < -0.39 is 0 Å². The zero-order chi connectivity index (χ0) is 11.4. The van der Waals surface area contributed by atoms with Crippen molar-refractivity contribution >= 4 is 33.8 Å². The van der Waals surface area contributed by atoms with Crippen LogP contribution in [0.4, 0.5) is 10.8 Å². The lowest BCUT2D eigenvalue weighted by molar-refractivity contribution is 0.759. The van der Waals surface area contributed by atoms with Crippen molar-refractivity contribution in [1.29, 1.82) is 0 Å². The molecule has 0 spiro atoms. The van der Waals surface area contributed by atoms with Crippen LogP contribution in [0.15, 0.2) is 24.4 Å². The number of halogens is 1. The molecule has 0 bridgehead atoms. The van der Waals surface area contributed by atoms with Gasteiger partial charge in [-0.2, -0.15) is 0 Å². The Morgan fingerprint density at radius 3 is 2.94 bits per heavy atom. The molecule has 0 atom stereocenters. The maximum absolute atomic E-state index is 5.84. The third-order valence-corrected chi connectivity index (χ3v) is 3.01. The molecular weight excluding hydrogens is 244 g/mol. The van der Waals surface area contributed by atoms with Crippen LogP contribution in [0.25, 0.3) is 0 Å². The van der Waals surface area contributed by atoms with E-state index in [0.29, 0.717) is 6.54 Å². The average Bonchev–Trinajstić information content (AvgIpc) is 2.65. The quantitative estimate of drug-likeness (QED) is 0.881. The molecule has 2 aromatic heterocycles. The molecule has 6 heteroatoms. The molecule has 84 valence electrons. The molecule has 0 unspecified atom stereocenters. The highest BCUT2D eigenvalue weighted by molar-refractivity contribution is 7.19. The summed E-state index contributed by atoms with van der Waals surface area (Å²) in [5.74, 6) is 1.54. The highest BCUT2D eigenvalue weighted by atomic mass is 35.5. The molecule has 0 radical (unpaired) electrons. The van der Waals surface area contributed by atoms with Crippen molar-refractivity contribution in [2.24, 2.45) is 0 Å². The third kappa shape index (κ3) is 2.91. The van der Waals surface area contributed by atoms with Gasteiger partial charge in [-0.15, -0.1) is 11.3 Å². The molecule has 2 aromatic rings. The molecule has 2 N–H and O–H groups in total. The molecule has 0 saturated heterocycles. The Balaban J connectivity index is 2.12. The van der Waals surface area contributed by atoms with E-state index in [9.17, 15) is 0 Å². The normalized spacial score (nSPS) is 10.4. The smallest absolute Gasteiger partial charge is 0.144 e. The molecule has 16 heavy (non-hydrogen) atoms. The van der Waals surface area contributed by atoms with Gasteiger partial charge in [0.1, 0.15) is 11.6 Å². The van der Waals surface area contributed by atoms with Gasteiger partial charge in [-0.05, 0) is 25.2 Å². The van der Waals surface area contributed by atoms with Gasteiger partial charge < -0.3 is 10.6 Å². The van der Waals surface area contributed by atoms with Crippen LogP contribution < -0.4 is 10.6 Å². The maximum Gasteiger partial charge on any atom is 0.144 e. The van der Waals surface area contributed by atoms with E-state index in [0.717, 1.165) is 21.0 Å². The van der Waals surface area contributed by atoms with Crippen LogP contribution in [0.2, 0.25) is 4.34 Å². The first kappa shape index (κ1) is 11.3. The van der Waals surface area contributed by atoms with E-state index in [1.165, 1.54) is 11.3 Å². The molecule has 0 saturated carbocycles. The fraction of sp³-hybridized carbons (Fsp3) is 0.200. The van der Waals surface area contributed by atoms with Crippen LogP contribution >= 0.6 is 22.9 Å². The molecular formula is C10H11ClN4S. The van der Waals surface area contributed by atoms with Gasteiger partial charge in [-0.25, -0.2) is 9.97 Å². The Bertz CT molecular complexity index is 471. The molecule has 0 aliphatic carbocycles. The van der Waals surface area contributed by atoms with Crippen molar-refractivity contribution in [1.82, 2.24) is 15.3 Å². The van der Waals surface area contributed by atoms with E-state index in [4.69, 9.17) is 11.6 Å². The lowest BCUT2D eigenvalue weighted by Gasteiger charge is -2.04. The third-order valence-electron chi connectivity index (χ3n) is 1.86. The highest BCUT2D eigenvalue weighted by Gasteiger charge is 2.01. The number of hydrogen-bond acceptors (Lipinski definition) is 5. The summed E-state index contributed by atoms with van der Waals surface area (Å²) in [7, 11) is 1.86. The standard InChI is InChI=1S/C10H11ClN4S/c1-12-6-9-13-5-4-8(14-9)15-10-3-2-7(11)16-10/h2-5,12H,6H2,1H3,(H,13,14,15). The molecule has 0 aliphatic heterocycles. The van der Waals surface area contributed by atoms with E-state index in [2.05, 4.69) is 20.6 Å². The van der Waals surface area contributed by atoms with Crippen LogP contribution in [0.3, 0.4) is 0 Å². The Morgan fingerprint density at radius 1 is 1.38 bits per heavy atom. The fourth-order valence-corrected chi connectivity index (χ4v) is 2.17. The average molecular weight is 255 g/mol. The summed E-state index contributed by atoms with van der Waals surface area (Å²) in [6, 6.07) is 5.60. The molecule has 4 nitrogen and oxygen atoms in total. The van der Waals surface area contributed by atoms with Gasteiger partial charge in [-0.1, -0.05) is 11.6 Å². The lowest BCUT2D eigenvalue weighted by atomic mass is 10.5. The minimum Gasteiger partial charge on any atom is -0.332 e. The van der Waals surface area contributed by atoms with Gasteiger partial charge in [0.15, 0.2) is 0 Å². The SMILES string of the molecule is CNCc1nccc(Nc2ccc(Cl)s2)n1. The minimum atomic E-state index is 0.653. The van der Waals surface area contributed by atoms with Gasteiger partial charge in [0.25, 0.3) is 0 Å². The Labute approximate surface area is 103 Å². The van der Waals surface area contributed by atoms with Gasteiger partial charge in [-0.3, -0.25) is 0 Å². The Kier molecular flexibility index (Phi) is 3.71. The molecule has 0 aliphatic rings. The molecule has 0 aromatic carbocycles.